The Kier molecular flexibility index (Phi) is 5.47. The van der Waals surface area contributed by atoms with E-state index in [-0.39, 0.29) is 18.6 Å². The van der Waals surface area contributed by atoms with Gasteiger partial charge < -0.3 is 15.0 Å². The molecule has 0 unspecified atom stereocenters. The van der Waals surface area contributed by atoms with Crippen LogP contribution >= 0.6 is 15.9 Å². The summed E-state index contributed by atoms with van der Waals surface area (Å²) in [5, 5.41) is 5.57. The first-order valence-corrected chi connectivity index (χ1v) is 12.6. The molecule has 34 heavy (non-hydrogen) atoms. The molecule has 0 radical (unpaired) electrons. The van der Waals surface area contributed by atoms with Gasteiger partial charge in [0.15, 0.2) is 11.6 Å². The topological polar surface area (TPSA) is 41.6 Å². The Morgan fingerprint density at radius 3 is 2.68 bits per heavy atom. The second-order valence-corrected chi connectivity index (χ2v) is 10.4. The second-order valence-electron chi connectivity index (χ2n) is 9.56. The average molecular weight is 527 g/mol. The van der Waals surface area contributed by atoms with E-state index >= 15 is 0 Å². The van der Waals surface area contributed by atoms with Gasteiger partial charge in [0.2, 0.25) is 5.91 Å². The molecule has 1 spiro atoms. The molecule has 3 aliphatic rings. The zero-order valence-electron chi connectivity index (χ0n) is 18.6. The maximum absolute atomic E-state index is 14.3. The van der Waals surface area contributed by atoms with Gasteiger partial charge in [-0.15, -0.1) is 0 Å². The minimum absolute atomic E-state index is 0.0132. The van der Waals surface area contributed by atoms with Crippen LogP contribution in [-0.2, 0) is 28.3 Å². The van der Waals surface area contributed by atoms with Crippen LogP contribution < -0.4 is 5.32 Å². The van der Waals surface area contributed by atoms with E-state index in [9.17, 15) is 13.6 Å². The number of nitrogens with one attached hydrogen (secondary N) is 1. The van der Waals surface area contributed by atoms with Crippen molar-refractivity contribution < 1.29 is 18.3 Å². The molecule has 6 rings (SSSR count). The summed E-state index contributed by atoms with van der Waals surface area (Å²) < 4.78 is 35.4. The Balaban J connectivity index is 1.37. The number of amides is 1. The molecule has 3 aromatic carbocycles. The molecule has 3 aromatic rings. The van der Waals surface area contributed by atoms with Crippen molar-refractivity contribution in [1.29, 1.82) is 0 Å². The van der Waals surface area contributed by atoms with Crippen molar-refractivity contribution in [2.75, 3.05) is 13.1 Å². The number of rotatable bonds is 4. The number of fused-ring (bicyclic) bond motifs is 3. The highest BCUT2D eigenvalue weighted by atomic mass is 79.9. The van der Waals surface area contributed by atoms with Crippen LogP contribution in [0.3, 0.4) is 0 Å². The molecule has 4 nitrogen and oxygen atoms in total. The molecule has 176 valence electrons. The fourth-order valence-electron chi connectivity index (χ4n) is 5.65. The number of hydrogen-bond acceptors (Lipinski definition) is 3. The van der Waals surface area contributed by atoms with Gasteiger partial charge in [0.1, 0.15) is 5.60 Å². The van der Waals surface area contributed by atoms with Gasteiger partial charge in [0, 0.05) is 23.6 Å². The van der Waals surface area contributed by atoms with Gasteiger partial charge in [-0.05, 0) is 71.5 Å². The Hall–Kier alpha value is -2.35. The van der Waals surface area contributed by atoms with E-state index in [0.717, 1.165) is 33.7 Å². The van der Waals surface area contributed by atoms with E-state index in [2.05, 4.69) is 39.4 Å². The maximum atomic E-state index is 14.3. The van der Waals surface area contributed by atoms with Crippen LogP contribution in [0.15, 0.2) is 53.0 Å². The van der Waals surface area contributed by atoms with Gasteiger partial charge in [0.25, 0.3) is 0 Å². The summed E-state index contributed by atoms with van der Waals surface area (Å²) in [5.41, 5.74) is 1.42. The Bertz CT molecular complexity index is 1300. The SMILES string of the molecule is O=C([C@H]1CNCC[C@@]12OCc1cc(F)c(F)cc12)N(Cc1ccc(Br)c2ccccc12)C1CC1. The molecule has 0 aromatic heterocycles. The standard InChI is InChI=1S/C27H25BrF2N2O2/c28-23-8-5-16(19-3-1-2-4-20(19)23)14-32(18-6-7-18)26(33)22-13-31-10-9-27(22)21-12-25(30)24(29)11-17(21)15-34-27/h1-5,8,11-12,18,22,31H,6-7,9-10,13-15H2/t22-,27+/m1/s1. The second kappa shape index (κ2) is 8.40. The lowest BCUT2D eigenvalue weighted by molar-refractivity contribution is -0.157. The van der Waals surface area contributed by atoms with E-state index in [0.29, 0.717) is 37.2 Å². The first-order chi connectivity index (χ1) is 16.5. The molecule has 0 bridgehead atoms. The third-order valence-corrected chi connectivity index (χ3v) is 8.23. The maximum Gasteiger partial charge on any atom is 0.230 e. The van der Waals surface area contributed by atoms with Gasteiger partial charge in [-0.3, -0.25) is 4.79 Å². The molecule has 7 heteroatoms. The molecule has 1 N–H and O–H groups in total. The number of halogens is 3. The lowest BCUT2D eigenvalue weighted by Crippen LogP contribution is -2.55. The van der Waals surface area contributed by atoms with Gasteiger partial charge in [-0.2, -0.15) is 0 Å². The van der Waals surface area contributed by atoms with Crippen molar-refractivity contribution >= 4 is 32.6 Å². The number of carbonyl (C=O) groups excluding carboxylic acids is 1. The van der Waals surface area contributed by atoms with Gasteiger partial charge >= 0.3 is 0 Å². The summed E-state index contributed by atoms with van der Waals surface area (Å²) in [6.07, 6.45) is 2.50. The lowest BCUT2D eigenvalue weighted by atomic mass is 9.75. The molecule has 1 aliphatic carbocycles. The Labute approximate surface area is 205 Å². The average Bonchev–Trinajstić information content (AvgIpc) is 3.64. The molecule has 1 saturated heterocycles. The number of benzene rings is 3. The highest BCUT2D eigenvalue weighted by molar-refractivity contribution is 9.10. The van der Waals surface area contributed by atoms with Crippen LogP contribution in [0.4, 0.5) is 8.78 Å². The predicted octanol–water partition coefficient (Wildman–Crippen LogP) is 5.41. The Morgan fingerprint density at radius 1 is 1.12 bits per heavy atom. The van der Waals surface area contributed by atoms with Gasteiger partial charge in [0.05, 0.1) is 12.5 Å². The lowest BCUT2D eigenvalue weighted by Gasteiger charge is -2.43. The van der Waals surface area contributed by atoms with Crippen molar-refractivity contribution in [1.82, 2.24) is 10.2 Å². The molecular weight excluding hydrogens is 502 g/mol. The molecule has 2 atom stereocenters. The number of ether oxygens (including phenoxy) is 1. The number of nitrogens with zero attached hydrogens (tertiary/aromatic N) is 1. The molecular formula is C27H25BrF2N2O2. The third-order valence-electron chi connectivity index (χ3n) is 7.54. The largest absolute Gasteiger partial charge is 0.365 e. The highest BCUT2D eigenvalue weighted by Gasteiger charge is 2.53. The van der Waals surface area contributed by atoms with Crippen LogP contribution in [-0.4, -0.2) is 29.9 Å². The van der Waals surface area contributed by atoms with Crippen molar-refractivity contribution in [2.45, 2.75) is 44.1 Å². The zero-order valence-corrected chi connectivity index (χ0v) is 20.2. The zero-order chi connectivity index (χ0) is 23.4. The minimum atomic E-state index is -0.929. The van der Waals surface area contributed by atoms with E-state index in [1.165, 1.54) is 12.1 Å². The van der Waals surface area contributed by atoms with Crippen molar-refractivity contribution in [2.24, 2.45) is 5.92 Å². The highest BCUT2D eigenvalue weighted by Crippen LogP contribution is 2.48. The van der Waals surface area contributed by atoms with E-state index in [1.807, 2.05) is 23.1 Å². The van der Waals surface area contributed by atoms with E-state index in [1.54, 1.807) is 0 Å². The summed E-state index contributed by atoms with van der Waals surface area (Å²) in [4.78, 5) is 16.1. The van der Waals surface area contributed by atoms with Crippen LogP contribution in [0, 0.1) is 17.6 Å². The fraction of sp³-hybridized carbons (Fsp3) is 0.370. The number of carbonyl (C=O) groups is 1. The van der Waals surface area contributed by atoms with Crippen LogP contribution in [0.25, 0.3) is 10.8 Å². The van der Waals surface area contributed by atoms with Crippen molar-refractivity contribution in [3.8, 4) is 0 Å². The fourth-order valence-corrected chi connectivity index (χ4v) is 6.12. The molecule has 2 aliphatic heterocycles. The monoisotopic (exact) mass is 526 g/mol. The normalized spacial score (nSPS) is 23.9. The summed E-state index contributed by atoms with van der Waals surface area (Å²) in [7, 11) is 0. The molecule has 2 fully saturated rings. The van der Waals surface area contributed by atoms with Crippen molar-refractivity contribution in [3.63, 3.8) is 0 Å². The number of hydrogen-bond donors (Lipinski definition) is 1. The minimum Gasteiger partial charge on any atom is -0.365 e. The summed E-state index contributed by atoms with van der Waals surface area (Å²) in [6, 6.07) is 14.9. The molecule has 2 heterocycles. The third kappa shape index (κ3) is 3.56. The van der Waals surface area contributed by atoms with E-state index < -0.39 is 23.2 Å². The quantitative estimate of drug-likeness (QED) is 0.494. The van der Waals surface area contributed by atoms with Crippen LogP contribution in [0.1, 0.15) is 36.0 Å². The smallest absolute Gasteiger partial charge is 0.230 e. The summed E-state index contributed by atoms with van der Waals surface area (Å²) >= 11 is 3.63. The van der Waals surface area contributed by atoms with Crippen LogP contribution in [0.2, 0.25) is 0 Å². The van der Waals surface area contributed by atoms with Crippen LogP contribution in [0.5, 0.6) is 0 Å². The summed E-state index contributed by atoms with van der Waals surface area (Å²) in [6.45, 7) is 1.80. The number of piperidine rings is 1. The van der Waals surface area contributed by atoms with E-state index in [4.69, 9.17) is 4.74 Å². The first-order valence-electron chi connectivity index (χ1n) is 11.8. The predicted molar refractivity (Wildman–Crippen MR) is 129 cm³/mol. The van der Waals surface area contributed by atoms with Gasteiger partial charge in [-0.1, -0.05) is 46.3 Å². The summed E-state index contributed by atoms with van der Waals surface area (Å²) in [5.74, 6) is -2.26. The first kappa shape index (κ1) is 22.1. The molecule has 1 saturated carbocycles. The molecule has 1 amide bonds. The van der Waals surface area contributed by atoms with Crippen molar-refractivity contribution in [3.05, 3.63) is 81.3 Å². The Morgan fingerprint density at radius 2 is 1.88 bits per heavy atom. The van der Waals surface area contributed by atoms with Gasteiger partial charge in [-0.25, -0.2) is 8.78 Å².